The van der Waals surface area contributed by atoms with Crippen LogP contribution in [0.2, 0.25) is 0 Å². The number of fused-ring (bicyclic) bond motifs is 1. The van der Waals surface area contributed by atoms with Crippen molar-refractivity contribution in [2.45, 2.75) is 23.6 Å². The summed E-state index contributed by atoms with van der Waals surface area (Å²) in [7, 11) is 0. The van der Waals surface area contributed by atoms with Gasteiger partial charge in [0, 0.05) is 4.90 Å². The second-order valence-electron chi connectivity index (χ2n) is 5.11. The third kappa shape index (κ3) is 3.83. The molecule has 0 radical (unpaired) electrons. The molecule has 0 spiro atoms. The number of thiocyanates is 1. The van der Waals surface area contributed by atoms with E-state index in [1.54, 1.807) is 30.0 Å². The van der Waals surface area contributed by atoms with Crippen molar-refractivity contribution in [1.82, 2.24) is 4.98 Å². The number of carbonyl (C=O) groups is 1. The van der Waals surface area contributed by atoms with Crippen molar-refractivity contribution >= 4 is 72.5 Å². The number of thioether (sulfide) groups is 2. The lowest BCUT2D eigenvalue weighted by Crippen LogP contribution is -2.03. The number of hydrogen-bond donors (Lipinski definition) is 1. The molecule has 0 aliphatic heterocycles. The number of benzene rings is 1. The van der Waals surface area contributed by atoms with Gasteiger partial charge in [-0.25, -0.2) is 9.78 Å². The fourth-order valence-electron chi connectivity index (χ4n) is 2.32. The van der Waals surface area contributed by atoms with E-state index in [1.807, 2.05) is 25.3 Å². The molecule has 0 saturated carbocycles. The molecular formula is C17H15N3O2S4. The van der Waals surface area contributed by atoms with Gasteiger partial charge in [-0.05, 0) is 55.6 Å². The minimum Gasteiger partial charge on any atom is -0.462 e. The Bertz CT molecular complexity index is 1000. The molecule has 0 aliphatic rings. The molecule has 0 atom stereocenters. The van der Waals surface area contributed by atoms with E-state index in [0.717, 1.165) is 42.6 Å². The first-order valence-corrected chi connectivity index (χ1v) is 11.3. The predicted octanol–water partition coefficient (Wildman–Crippen LogP) is 5.88. The minimum absolute atomic E-state index is 0.315. The van der Waals surface area contributed by atoms with Gasteiger partial charge in [0.25, 0.3) is 0 Å². The van der Waals surface area contributed by atoms with Crippen molar-refractivity contribution in [3.8, 4) is 5.40 Å². The van der Waals surface area contributed by atoms with Gasteiger partial charge in [-0.15, -0.1) is 23.1 Å². The van der Waals surface area contributed by atoms with Gasteiger partial charge in [-0.3, -0.25) is 0 Å². The highest BCUT2D eigenvalue weighted by atomic mass is 32.2. The smallest absolute Gasteiger partial charge is 0.348 e. The lowest BCUT2D eigenvalue weighted by Gasteiger charge is -2.01. The summed E-state index contributed by atoms with van der Waals surface area (Å²) in [5.41, 5.74) is 1.68. The monoisotopic (exact) mass is 421 g/mol. The lowest BCUT2D eigenvalue weighted by molar-refractivity contribution is 0.0531. The van der Waals surface area contributed by atoms with Crippen LogP contribution in [-0.4, -0.2) is 23.8 Å². The normalized spacial score (nSPS) is 10.7. The van der Waals surface area contributed by atoms with E-state index in [9.17, 15) is 4.79 Å². The van der Waals surface area contributed by atoms with Gasteiger partial charge in [-0.2, -0.15) is 5.26 Å². The van der Waals surface area contributed by atoms with E-state index in [0.29, 0.717) is 11.5 Å². The number of carbonyl (C=O) groups excluding carboxylic acids is 1. The van der Waals surface area contributed by atoms with Crippen molar-refractivity contribution in [1.29, 1.82) is 5.26 Å². The number of anilines is 2. The molecule has 26 heavy (non-hydrogen) atoms. The van der Waals surface area contributed by atoms with Crippen LogP contribution < -0.4 is 5.32 Å². The first-order chi connectivity index (χ1) is 12.6. The van der Waals surface area contributed by atoms with Gasteiger partial charge in [0.2, 0.25) is 0 Å². The van der Waals surface area contributed by atoms with Gasteiger partial charge in [0.1, 0.15) is 15.3 Å². The second-order valence-corrected chi connectivity index (χ2v) is 8.83. The molecule has 0 fully saturated rings. The first kappa shape index (κ1) is 19.0. The predicted molar refractivity (Wildman–Crippen MR) is 111 cm³/mol. The molecule has 134 valence electrons. The average molecular weight is 422 g/mol. The van der Waals surface area contributed by atoms with Crippen molar-refractivity contribution in [3.63, 3.8) is 0 Å². The summed E-state index contributed by atoms with van der Waals surface area (Å²) in [5, 5.41) is 16.0. The van der Waals surface area contributed by atoms with E-state index in [2.05, 4.69) is 21.8 Å². The van der Waals surface area contributed by atoms with Gasteiger partial charge >= 0.3 is 5.97 Å². The number of nitrogens with one attached hydrogen (secondary N) is 1. The van der Waals surface area contributed by atoms with Crippen LogP contribution in [0, 0.1) is 17.6 Å². The zero-order valence-electron chi connectivity index (χ0n) is 14.3. The zero-order chi connectivity index (χ0) is 18.7. The Morgan fingerprint density at radius 3 is 2.92 bits per heavy atom. The second kappa shape index (κ2) is 8.31. The Morgan fingerprint density at radius 2 is 2.23 bits per heavy atom. The SMILES string of the molecule is CCOC(=O)c1sc(Nc2nc3ccc(SC)cc3s2)c(SC#N)c1C. The van der Waals surface area contributed by atoms with Crippen molar-refractivity contribution in [2.24, 2.45) is 0 Å². The van der Waals surface area contributed by atoms with E-state index >= 15 is 0 Å². The molecule has 0 saturated heterocycles. The Balaban J connectivity index is 1.97. The van der Waals surface area contributed by atoms with Crippen molar-refractivity contribution in [2.75, 3.05) is 18.2 Å². The summed E-state index contributed by atoms with van der Waals surface area (Å²) in [6.07, 6.45) is 2.04. The third-order valence-corrected chi connectivity index (χ3v) is 7.30. The standard InChI is InChI=1S/C17H15N3O2S4/c1-4-22-16(21)14-9(2)13(24-8-18)15(26-14)20-17-19-11-6-5-10(23-3)7-12(11)25-17/h5-7H,4H2,1-3H3,(H,19,20). The molecule has 0 unspecified atom stereocenters. The quantitative estimate of drug-likeness (QED) is 0.302. The molecule has 0 bridgehead atoms. The Morgan fingerprint density at radius 1 is 1.42 bits per heavy atom. The molecule has 9 heteroatoms. The van der Waals surface area contributed by atoms with Gasteiger partial charge in [-0.1, -0.05) is 11.3 Å². The maximum Gasteiger partial charge on any atom is 0.348 e. The molecule has 0 amide bonds. The summed E-state index contributed by atoms with van der Waals surface area (Å²) in [4.78, 5) is 19.2. The number of ether oxygens (including phenoxy) is 1. The number of esters is 1. The minimum atomic E-state index is -0.364. The van der Waals surface area contributed by atoms with E-state index < -0.39 is 0 Å². The Labute approximate surface area is 167 Å². The molecule has 3 aromatic rings. The van der Waals surface area contributed by atoms with Gasteiger partial charge < -0.3 is 10.1 Å². The van der Waals surface area contributed by atoms with E-state index in [-0.39, 0.29) is 5.97 Å². The number of thiazole rings is 1. The van der Waals surface area contributed by atoms with Gasteiger partial charge in [0.05, 0.1) is 21.7 Å². The van der Waals surface area contributed by atoms with E-state index in [4.69, 9.17) is 10.00 Å². The van der Waals surface area contributed by atoms with Crippen LogP contribution in [0.4, 0.5) is 10.1 Å². The van der Waals surface area contributed by atoms with Crippen LogP contribution in [0.3, 0.4) is 0 Å². The molecule has 1 aromatic carbocycles. The highest BCUT2D eigenvalue weighted by molar-refractivity contribution is 8.04. The molecule has 2 heterocycles. The highest BCUT2D eigenvalue weighted by Crippen LogP contribution is 2.42. The number of hydrogen-bond acceptors (Lipinski definition) is 9. The summed E-state index contributed by atoms with van der Waals surface area (Å²) in [5.74, 6) is -0.364. The lowest BCUT2D eigenvalue weighted by atomic mass is 10.3. The molecule has 2 aromatic heterocycles. The van der Waals surface area contributed by atoms with Crippen LogP contribution in [0.15, 0.2) is 28.0 Å². The van der Waals surface area contributed by atoms with Gasteiger partial charge in [0.15, 0.2) is 5.13 Å². The van der Waals surface area contributed by atoms with E-state index in [1.165, 1.54) is 16.2 Å². The largest absolute Gasteiger partial charge is 0.462 e. The maximum absolute atomic E-state index is 12.2. The topological polar surface area (TPSA) is 75.0 Å². The van der Waals surface area contributed by atoms with Crippen LogP contribution >= 0.6 is 46.2 Å². The highest BCUT2D eigenvalue weighted by Gasteiger charge is 2.22. The first-order valence-electron chi connectivity index (χ1n) is 7.65. The summed E-state index contributed by atoms with van der Waals surface area (Å²) < 4.78 is 6.21. The van der Waals surface area contributed by atoms with Crippen LogP contribution in [0.1, 0.15) is 22.2 Å². The average Bonchev–Trinajstić information content (AvgIpc) is 3.16. The van der Waals surface area contributed by atoms with Crippen LogP contribution in [0.5, 0.6) is 0 Å². The summed E-state index contributed by atoms with van der Waals surface area (Å²) in [6, 6.07) is 6.15. The molecule has 1 N–H and O–H groups in total. The number of nitrogens with zero attached hydrogens (tertiary/aromatic N) is 2. The summed E-state index contributed by atoms with van der Waals surface area (Å²) in [6.45, 7) is 3.92. The Hall–Kier alpha value is -1.73. The molecule has 3 rings (SSSR count). The van der Waals surface area contributed by atoms with Crippen molar-refractivity contribution < 1.29 is 9.53 Å². The van der Waals surface area contributed by atoms with Crippen LogP contribution in [-0.2, 0) is 4.74 Å². The van der Waals surface area contributed by atoms with Crippen molar-refractivity contribution in [3.05, 3.63) is 28.6 Å². The molecule has 5 nitrogen and oxygen atoms in total. The fraction of sp³-hybridized carbons (Fsp3) is 0.235. The van der Waals surface area contributed by atoms with Crippen LogP contribution in [0.25, 0.3) is 10.2 Å². The maximum atomic E-state index is 12.2. The fourth-order valence-corrected chi connectivity index (χ4v) is 5.61. The number of nitriles is 1. The number of aromatic nitrogens is 1. The third-order valence-electron chi connectivity index (χ3n) is 3.52. The molecule has 0 aliphatic carbocycles. The zero-order valence-corrected chi connectivity index (χ0v) is 17.5. The summed E-state index contributed by atoms with van der Waals surface area (Å²) >= 11 is 5.56. The number of rotatable bonds is 6. The Kier molecular flexibility index (Phi) is 6.09. The number of thiophene rings is 1. The molecular weight excluding hydrogens is 406 g/mol.